The molecule has 4 nitrogen and oxygen atoms in total. The van der Waals surface area contributed by atoms with E-state index in [-0.39, 0.29) is 5.70 Å². The Hall–Kier alpha value is -2.10. The second-order valence-corrected chi connectivity index (χ2v) is 2.72. The lowest BCUT2D eigenvalue weighted by molar-refractivity contribution is -0.132. The number of rotatable bonds is 1. The highest BCUT2D eigenvalue weighted by Crippen LogP contribution is 2.19. The molecule has 0 radical (unpaired) electrons. The molecule has 1 aliphatic rings. The van der Waals surface area contributed by atoms with Crippen LogP contribution in [-0.2, 0) is 4.79 Å². The first-order chi connectivity index (χ1) is 6.77. The van der Waals surface area contributed by atoms with Gasteiger partial charge in [-0.25, -0.2) is 9.79 Å². The van der Waals surface area contributed by atoms with E-state index in [1.165, 1.54) is 6.21 Å². The Labute approximate surface area is 80.2 Å². The van der Waals surface area contributed by atoms with Crippen LogP contribution < -0.4 is 4.74 Å². The zero-order valence-electron chi connectivity index (χ0n) is 7.18. The van der Waals surface area contributed by atoms with Gasteiger partial charge in [-0.05, 0) is 12.1 Å². The summed E-state index contributed by atoms with van der Waals surface area (Å²) in [5.41, 5.74) is 0.654. The summed E-state index contributed by atoms with van der Waals surface area (Å²) < 4.78 is 5.15. The first kappa shape index (κ1) is 8.50. The Kier molecular flexibility index (Phi) is 2.02. The number of aliphatic imine (C=N–C) groups is 1. The number of carboxylic acids is 1. The summed E-state index contributed by atoms with van der Waals surface area (Å²) in [5.74, 6) is -0.499. The highest BCUT2D eigenvalue weighted by Gasteiger charge is 2.10. The van der Waals surface area contributed by atoms with Crippen LogP contribution in [0.2, 0.25) is 0 Å². The molecule has 0 bridgehead atoms. The van der Waals surface area contributed by atoms with Crippen LogP contribution in [0.5, 0.6) is 5.75 Å². The minimum Gasteiger partial charge on any atom is -0.476 e. The molecular formula is C10H7NO3. The molecule has 0 spiro atoms. The highest BCUT2D eigenvalue weighted by molar-refractivity contribution is 5.92. The molecule has 0 atom stereocenters. The van der Waals surface area contributed by atoms with Crippen molar-refractivity contribution < 1.29 is 14.6 Å². The van der Waals surface area contributed by atoms with Gasteiger partial charge in [0.15, 0.2) is 5.70 Å². The summed E-state index contributed by atoms with van der Waals surface area (Å²) in [6.07, 6.45) is 2.60. The van der Waals surface area contributed by atoms with E-state index in [0.29, 0.717) is 5.75 Å². The van der Waals surface area contributed by atoms with Gasteiger partial charge in [0.1, 0.15) is 12.0 Å². The SMILES string of the molecule is O=C(O)C1=COc2ccccc2C=N1. The lowest BCUT2D eigenvalue weighted by atomic mass is 10.2. The molecule has 0 fully saturated rings. The molecule has 1 aromatic rings. The van der Waals surface area contributed by atoms with Gasteiger partial charge in [0.2, 0.25) is 0 Å². The fourth-order valence-electron chi connectivity index (χ4n) is 1.09. The van der Waals surface area contributed by atoms with Crippen molar-refractivity contribution >= 4 is 12.2 Å². The summed E-state index contributed by atoms with van der Waals surface area (Å²) >= 11 is 0. The standard InChI is InChI=1S/C10H7NO3/c12-10(13)8-6-14-9-4-2-1-3-7(9)5-11-8/h1-6H,(H,12,13). The van der Waals surface area contributed by atoms with Crippen LogP contribution in [0.3, 0.4) is 0 Å². The number of carboxylic acid groups (broad SMARTS) is 1. The summed E-state index contributed by atoms with van der Waals surface area (Å²) in [4.78, 5) is 14.4. The predicted molar refractivity (Wildman–Crippen MR) is 50.4 cm³/mol. The molecule has 1 aliphatic heterocycles. The summed E-state index contributed by atoms with van der Waals surface area (Å²) in [7, 11) is 0. The lowest BCUT2D eigenvalue weighted by Gasteiger charge is -2.00. The number of hydrogen-bond acceptors (Lipinski definition) is 3. The number of benzene rings is 1. The van der Waals surface area contributed by atoms with Crippen molar-refractivity contribution in [3.8, 4) is 5.75 Å². The van der Waals surface area contributed by atoms with Crippen LogP contribution in [-0.4, -0.2) is 17.3 Å². The highest BCUT2D eigenvalue weighted by atomic mass is 16.5. The summed E-state index contributed by atoms with van der Waals surface area (Å²) in [6, 6.07) is 7.20. The van der Waals surface area contributed by atoms with Crippen LogP contribution in [0.1, 0.15) is 5.56 Å². The first-order valence-electron chi connectivity index (χ1n) is 4.00. The van der Waals surface area contributed by atoms with Gasteiger partial charge in [0.25, 0.3) is 0 Å². The third-order valence-electron chi connectivity index (χ3n) is 1.78. The van der Waals surface area contributed by atoms with Crippen LogP contribution >= 0.6 is 0 Å². The fourth-order valence-corrected chi connectivity index (χ4v) is 1.09. The van der Waals surface area contributed by atoms with E-state index in [1.54, 1.807) is 12.1 Å². The lowest BCUT2D eigenvalue weighted by Crippen LogP contribution is -1.98. The third kappa shape index (κ3) is 1.50. The van der Waals surface area contributed by atoms with E-state index >= 15 is 0 Å². The topological polar surface area (TPSA) is 58.9 Å². The zero-order valence-corrected chi connectivity index (χ0v) is 7.18. The molecule has 14 heavy (non-hydrogen) atoms. The van der Waals surface area contributed by atoms with Gasteiger partial charge in [0.05, 0.1) is 0 Å². The predicted octanol–water partition coefficient (Wildman–Crippen LogP) is 1.42. The van der Waals surface area contributed by atoms with Gasteiger partial charge in [-0.15, -0.1) is 0 Å². The Balaban J connectivity index is 2.41. The zero-order chi connectivity index (χ0) is 9.97. The van der Waals surface area contributed by atoms with Gasteiger partial charge in [-0.2, -0.15) is 0 Å². The van der Waals surface area contributed by atoms with E-state index in [1.807, 2.05) is 12.1 Å². The molecule has 1 N–H and O–H groups in total. The molecule has 0 saturated carbocycles. The van der Waals surface area contributed by atoms with Crippen molar-refractivity contribution in [3.05, 3.63) is 41.8 Å². The van der Waals surface area contributed by atoms with E-state index in [9.17, 15) is 4.79 Å². The molecule has 4 heteroatoms. The molecule has 0 amide bonds. The molecule has 70 valence electrons. The molecule has 0 aliphatic carbocycles. The monoisotopic (exact) mass is 189 g/mol. The van der Waals surface area contributed by atoms with Crippen molar-refractivity contribution in [1.29, 1.82) is 0 Å². The normalized spacial score (nSPS) is 13.6. The number of ether oxygens (including phenoxy) is 1. The fraction of sp³-hybridized carbons (Fsp3) is 0. The molecular weight excluding hydrogens is 182 g/mol. The quantitative estimate of drug-likeness (QED) is 0.726. The Morgan fingerprint density at radius 2 is 2.14 bits per heavy atom. The van der Waals surface area contributed by atoms with Gasteiger partial charge in [-0.1, -0.05) is 12.1 Å². The maximum atomic E-state index is 10.6. The van der Waals surface area contributed by atoms with Gasteiger partial charge in [0, 0.05) is 11.8 Å². The minimum atomic E-state index is -1.10. The van der Waals surface area contributed by atoms with Crippen molar-refractivity contribution in [1.82, 2.24) is 0 Å². The minimum absolute atomic E-state index is 0.110. The molecule has 1 aromatic carbocycles. The van der Waals surface area contributed by atoms with E-state index in [0.717, 1.165) is 11.8 Å². The van der Waals surface area contributed by atoms with Crippen LogP contribution in [0.15, 0.2) is 41.2 Å². The van der Waals surface area contributed by atoms with Crippen molar-refractivity contribution in [3.63, 3.8) is 0 Å². The molecule has 1 heterocycles. The Bertz CT molecular complexity index is 435. The van der Waals surface area contributed by atoms with Gasteiger partial charge < -0.3 is 9.84 Å². The third-order valence-corrected chi connectivity index (χ3v) is 1.78. The number of para-hydroxylation sites is 1. The van der Waals surface area contributed by atoms with Crippen molar-refractivity contribution in [2.24, 2.45) is 4.99 Å². The Morgan fingerprint density at radius 3 is 2.93 bits per heavy atom. The molecule has 0 unspecified atom stereocenters. The molecule has 0 saturated heterocycles. The number of nitrogens with zero attached hydrogens (tertiary/aromatic N) is 1. The molecule has 2 rings (SSSR count). The second kappa shape index (κ2) is 3.33. The average molecular weight is 189 g/mol. The number of fused-ring (bicyclic) bond motifs is 1. The van der Waals surface area contributed by atoms with Crippen molar-refractivity contribution in [2.75, 3.05) is 0 Å². The summed E-state index contributed by atoms with van der Waals surface area (Å²) in [6.45, 7) is 0. The average Bonchev–Trinajstić information content (AvgIpc) is 2.39. The largest absolute Gasteiger partial charge is 0.476 e. The van der Waals surface area contributed by atoms with Crippen molar-refractivity contribution in [2.45, 2.75) is 0 Å². The van der Waals surface area contributed by atoms with Crippen LogP contribution in [0, 0.1) is 0 Å². The van der Waals surface area contributed by atoms with E-state index < -0.39 is 5.97 Å². The van der Waals surface area contributed by atoms with Crippen LogP contribution in [0.25, 0.3) is 0 Å². The second-order valence-electron chi connectivity index (χ2n) is 2.72. The van der Waals surface area contributed by atoms with E-state index in [2.05, 4.69) is 4.99 Å². The first-order valence-corrected chi connectivity index (χ1v) is 4.00. The van der Waals surface area contributed by atoms with Crippen LogP contribution in [0.4, 0.5) is 0 Å². The van der Waals surface area contributed by atoms with Gasteiger partial charge in [-0.3, -0.25) is 0 Å². The van der Waals surface area contributed by atoms with Gasteiger partial charge >= 0.3 is 5.97 Å². The number of hydrogen-bond donors (Lipinski definition) is 1. The maximum absolute atomic E-state index is 10.6. The Morgan fingerprint density at radius 1 is 1.36 bits per heavy atom. The molecule has 0 aromatic heterocycles. The number of carbonyl (C=O) groups is 1. The smallest absolute Gasteiger partial charge is 0.357 e. The number of aliphatic carboxylic acids is 1. The maximum Gasteiger partial charge on any atom is 0.357 e. The van der Waals surface area contributed by atoms with E-state index in [4.69, 9.17) is 9.84 Å². The summed E-state index contributed by atoms with van der Waals surface area (Å²) in [5, 5.41) is 8.68.